The van der Waals surface area contributed by atoms with Crippen molar-refractivity contribution in [3.63, 3.8) is 0 Å². The molecule has 0 bridgehead atoms. The Morgan fingerprint density at radius 1 is 0.750 bits per heavy atom. The van der Waals surface area contributed by atoms with Crippen molar-refractivity contribution in [3.05, 3.63) is 36.5 Å². The number of nitrogens with zero attached hydrogens (tertiary/aromatic N) is 1. The second-order valence-corrected chi connectivity index (χ2v) is 14.3. The van der Waals surface area contributed by atoms with E-state index in [9.17, 15) is 19.4 Å². The maximum Gasteiger partial charge on any atom is 0.472 e. The van der Waals surface area contributed by atoms with Crippen LogP contribution in [-0.4, -0.2) is 73.4 Å². The summed E-state index contributed by atoms with van der Waals surface area (Å²) in [7, 11) is 1.54. The van der Waals surface area contributed by atoms with Crippen molar-refractivity contribution in [2.45, 2.75) is 142 Å². The Bertz CT molecular complexity index is 825. The average molecular weight is 644 g/mol. The average Bonchev–Trinajstić information content (AvgIpc) is 2.95. The minimum absolute atomic E-state index is 0.0537. The zero-order valence-corrected chi connectivity index (χ0v) is 29.8. The first-order valence-electron chi connectivity index (χ1n) is 17.4. The van der Waals surface area contributed by atoms with E-state index in [1.165, 1.54) is 57.8 Å². The molecule has 3 atom stereocenters. The number of carbonyl (C=O) groups excluding carboxylic acids is 1. The Balaban J connectivity index is 4.67. The Morgan fingerprint density at radius 3 is 1.86 bits per heavy atom. The summed E-state index contributed by atoms with van der Waals surface area (Å²) in [6.45, 7) is 4.68. The van der Waals surface area contributed by atoms with Crippen molar-refractivity contribution in [2.75, 3.05) is 40.9 Å². The normalized spacial score (nSPS) is 15.3. The highest BCUT2D eigenvalue weighted by molar-refractivity contribution is 7.47. The van der Waals surface area contributed by atoms with Gasteiger partial charge in [0.05, 0.1) is 39.9 Å². The first-order chi connectivity index (χ1) is 21.0. The monoisotopic (exact) mass is 643 g/mol. The molecule has 44 heavy (non-hydrogen) atoms. The lowest BCUT2D eigenvalue weighted by molar-refractivity contribution is -0.870. The largest absolute Gasteiger partial charge is 0.472 e. The van der Waals surface area contributed by atoms with Crippen molar-refractivity contribution >= 4 is 13.7 Å². The molecule has 0 aliphatic rings. The minimum atomic E-state index is -4.33. The maximum absolute atomic E-state index is 12.7. The van der Waals surface area contributed by atoms with Crippen LogP contribution in [-0.2, 0) is 18.4 Å². The van der Waals surface area contributed by atoms with Crippen LogP contribution in [0.4, 0.5) is 0 Å². The van der Waals surface area contributed by atoms with E-state index in [0.29, 0.717) is 17.4 Å². The number of aliphatic hydroxyl groups is 1. The number of hydrogen-bond acceptors (Lipinski definition) is 5. The van der Waals surface area contributed by atoms with Gasteiger partial charge in [-0.3, -0.25) is 13.8 Å². The summed E-state index contributed by atoms with van der Waals surface area (Å²) in [4.78, 5) is 22.9. The van der Waals surface area contributed by atoms with Crippen LogP contribution in [0.1, 0.15) is 129 Å². The first kappa shape index (κ1) is 42.7. The van der Waals surface area contributed by atoms with Gasteiger partial charge in [-0.1, -0.05) is 102 Å². The van der Waals surface area contributed by atoms with Gasteiger partial charge in [0, 0.05) is 6.42 Å². The van der Waals surface area contributed by atoms with Gasteiger partial charge in [-0.05, 0) is 57.8 Å². The molecule has 258 valence electrons. The third-order valence-corrected chi connectivity index (χ3v) is 8.32. The Labute approximate surface area is 270 Å². The molecule has 0 rings (SSSR count). The highest BCUT2D eigenvalue weighted by Gasteiger charge is 2.27. The SMILES string of the molecule is CCCCC/C=C\CCCCCCCC(=O)NC(COP(=O)(O)OCC[N+](C)(C)C)C(O)/C=C/CC/C=C/CCCCCC. The van der Waals surface area contributed by atoms with Crippen molar-refractivity contribution in [1.29, 1.82) is 0 Å². The van der Waals surface area contributed by atoms with Crippen LogP contribution in [0.15, 0.2) is 36.5 Å². The molecule has 0 spiro atoms. The molecule has 0 saturated carbocycles. The molecule has 0 aliphatic carbocycles. The van der Waals surface area contributed by atoms with Crippen molar-refractivity contribution in [3.8, 4) is 0 Å². The lowest BCUT2D eigenvalue weighted by Gasteiger charge is -2.25. The summed E-state index contributed by atoms with van der Waals surface area (Å²) in [5.41, 5.74) is 0. The van der Waals surface area contributed by atoms with E-state index < -0.39 is 20.0 Å². The predicted octanol–water partition coefficient (Wildman–Crippen LogP) is 8.40. The number of likely N-dealkylation sites (N-methyl/N-ethyl adjacent to an activating group) is 1. The van der Waals surface area contributed by atoms with Gasteiger partial charge in [0.15, 0.2) is 0 Å². The fourth-order valence-electron chi connectivity index (χ4n) is 4.46. The topological polar surface area (TPSA) is 105 Å². The Morgan fingerprint density at radius 2 is 1.25 bits per heavy atom. The summed E-state index contributed by atoms with van der Waals surface area (Å²) < 4.78 is 23.3. The van der Waals surface area contributed by atoms with E-state index in [1.54, 1.807) is 6.08 Å². The Hall–Kier alpha value is -1.28. The summed E-state index contributed by atoms with van der Waals surface area (Å²) in [6, 6.07) is -0.862. The summed E-state index contributed by atoms with van der Waals surface area (Å²) in [6.07, 6.45) is 30.7. The Kier molecular flexibility index (Phi) is 27.2. The maximum atomic E-state index is 12.7. The van der Waals surface area contributed by atoms with Gasteiger partial charge >= 0.3 is 7.82 Å². The molecule has 3 unspecified atom stereocenters. The fraction of sp³-hybridized carbons (Fsp3) is 0.800. The molecule has 3 N–H and O–H groups in total. The van der Waals surface area contributed by atoms with Crippen LogP contribution in [0.3, 0.4) is 0 Å². The minimum Gasteiger partial charge on any atom is -0.387 e. The predicted molar refractivity (Wildman–Crippen MR) is 184 cm³/mol. The zero-order chi connectivity index (χ0) is 32.9. The van der Waals surface area contributed by atoms with Crippen LogP contribution in [0.25, 0.3) is 0 Å². The number of rotatable bonds is 30. The number of carbonyl (C=O) groups is 1. The van der Waals surface area contributed by atoms with Gasteiger partial charge in [-0.2, -0.15) is 0 Å². The molecule has 9 heteroatoms. The van der Waals surface area contributed by atoms with Crippen LogP contribution in [0.5, 0.6) is 0 Å². The van der Waals surface area contributed by atoms with E-state index in [-0.39, 0.29) is 19.1 Å². The van der Waals surface area contributed by atoms with Crippen LogP contribution >= 0.6 is 7.82 Å². The quantitative estimate of drug-likeness (QED) is 0.0314. The third-order valence-electron chi connectivity index (χ3n) is 7.33. The summed E-state index contributed by atoms with van der Waals surface area (Å²) >= 11 is 0. The molecule has 0 aromatic carbocycles. The van der Waals surface area contributed by atoms with E-state index in [0.717, 1.165) is 51.4 Å². The van der Waals surface area contributed by atoms with Gasteiger partial charge in [-0.25, -0.2) is 4.57 Å². The second-order valence-electron chi connectivity index (χ2n) is 12.9. The smallest absolute Gasteiger partial charge is 0.387 e. The zero-order valence-electron chi connectivity index (χ0n) is 28.9. The number of phosphoric ester groups is 1. The number of hydrogen-bond donors (Lipinski definition) is 3. The first-order valence-corrected chi connectivity index (χ1v) is 18.9. The lowest BCUT2D eigenvalue weighted by Crippen LogP contribution is -2.45. The molecule has 1 amide bonds. The fourth-order valence-corrected chi connectivity index (χ4v) is 5.20. The van der Waals surface area contributed by atoms with Gasteiger partial charge in [0.2, 0.25) is 5.91 Å². The molecule has 0 aromatic heterocycles. The number of allylic oxidation sites excluding steroid dienone is 5. The highest BCUT2D eigenvalue weighted by Crippen LogP contribution is 2.43. The van der Waals surface area contributed by atoms with Crippen LogP contribution < -0.4 is 5.32 Å². The molecule has 8 nitrogen and oxygen atoms in total. The molecule has 0 radical (unpaired) electrons. The van der Waals surface area contributed by atoms with E-state index in [2.05, 4.69) is 43.5 Å². The van der Waals surface area contributed by atoms with Gasteiger partial charge in [0.25, 0.3) is 0 Å². The number of nitrogens with one attached hydrogen (secondary N) is 1. The van der Waals surface area contributed by atoms with Gasteiger partial charge in [-0.15, -0.1) is 0 Å². The molecule has 0 fully saturated rings. The highest BCUT2D eigenvalue weighted by atomic mass is 31.2. The van der Waals surface area contributed by atoms with Crippen LogP contribution in [0, 0.1) is 0 Å². The van der Waals surface area contributed by atoms with Gasteiger partial charge in [0.1, 0.15) is 13.2 Å². The molecular weight excluding hydrogens is 575 g/mol. The third kappa shape index (κ3) is 29.4. The standard InChI is InChI=1S/C35H67N2O6P/c1-6-8-10-12-14-16-18-19-21-23-25-27-29-35(39)36-33(32-43-44(40,41)42-31-30-37(3,4)5)34(38)28-26-24-22-20-17-15-13-11-9-7-2/h14,16-17,20,26,28,33-34,38H,6-13,15,18-19,21-25,27,29-32H2,1-5H3,(H-,36,39,40,41)/p+1/b16-14-,20-17+,28-26+. The van der Waals surface area contributed by atoms with Crippen molar-refractivity contribution in [1.82, 2.24) is 5.32 Å². The molecule has 0 aliphatic heterocycles. The number of amides is 1. The summed E-state index contributed by atoms with van der Waals surface area (Å²) in [5, 5.41) is 13.6. The van der Waals surface area contributed by atoms with E-state index >= 15 is 0 Å². The van der Waals surface area contributed by atoms with Gasteiger partial charge < -0.3 is 19.8 Å². The number of quaternary nitrogens is 1. The van der Waals surface area contributed by atoms with Crippen molar-refractivity contribution < 1.29 is 32.9 Å². The lowest BCUT2D eigenvalue weighted by atomic mass is 10.1. The summed E-state index contributed by atoms with van der Waals surface area (Å²) in [5.74, 6) is -0.203. The molecule has 0 aromatic rings. The number of phosphoric acid groups is 1. The van der Waals surface area contributed by atoms with E-state index in [4.69, 9.17) is 9.05 Å². The molecular formula is C35H68N2O6P+. The second kappa shape index (κ2) is 28.0. The van der Waals surface area contributed by atoms with Crippen LogP contribution in [0.2, 0.25) is 0 Å². The number of unbranched alkanes of at least 4 members (excludes halogenated alkanes) is 13. The van der Waals surface area contributed by atoms with E-state index in [1.807, 2.05) is 27.2 Å². The molecule has 0 heterocycles. The van der Waals surface area contributed by atoms with Crippen molar-refractivity contribution in [2.24, 2.45) is 0 Å². The molecule has 0 saturated heterocycles. The number of aliphatic hydroxyl groups excluding tert-OH is 1.